The van der Waals surface area contributed by atoms with Crippen LogP contribution in [0.2, 0.25) is 5.02 Å². The first kappa shape index (κ1) is 10.0. The number of benzene rings is 1. The standard InChI is InChI=1S/C10H10BrClN2/c11-7-1-2-10-8(5-7)9(12)6-14(10)4-3-13/h1-2,5-6H,3-4,13H2. The summed E-state index contributed by atoms with van der Waals surface area (Å²) in [7, 11) is 0. The molecule has 2 aromatic rings. The van der Waals surface area contributed by atoms with Crippen LogP contribution in [0.4, 0.5) is 0 Å². The summed E-state index contributed by atoms with van der Waals surface area (Å²) in [4.78, 5) is 0. The third kappa shape index (κ3) is 1.67. The lowest BCUT2D eigenvalue weighted by molar-refractivity contribution is 0.735. The van der Waals surface area contributed by atoms with Gasteiger partial charge in [0, 0.05) is 34.7 Å². The molecule has 14 heavy (non-hydrogen) atoms. The summed E-state index contributed by atoms with van der Waals surface area (Å²) < 4.78 is 3.11. The number of nitrogens with two attached hydrogens (primary N) is 1. The Morgan fingerprint density at radius 1 is 1.43 bits per heavy atom. The smallest absolute Gasteiger partial charge is 0.0661 e. The van der Waals surface area contributed by atoms with Gasteiger partial charge in [0.1, 0.15) is 0 Å². The molecule has 0 aliphatic rings. The Labute approximate surface area is 95.8 Å². The first-order valence-corrected chi connectivity index (χ1v) is 5.53. The minimum Gasteiger partial charge on any atom is -0.345 e. The van der Waals surface area contributed by atoms with Crippen molar-refractivity contribution in [3.63, 3.8) is 0 Å². The van der Waals surface area contributed by atoms with E-state index in [-0.39, 0.29) is 0 Å². The number of hydrogen-bond acceptors (Lipinski definition) is 1. The van der Waals surface area contributed by atoms with Gasteiger partial charge in [-0.15, -0.1) is 0 Å². The van der Waals surface area contributed by atoms with E-state index in [1.807, 2.05) is 24.4 Å². The van der Waals surface area contributed by atoms with E-state index in [0.29, 0.717) is 6.54 Å². The molecule has 2 rings (SSSR count). The zero-order valence-corrected chi connectivity index (χ0v) is 9.85. The van der Waals surface area contributed by atoms with Crippen LogP contribution in [0.3, 0.4) is 0 Å². The largest absolute Gasteiger partial charge is 0.345 e. The van der Waals surface area contributed by atoms with Crippen molar-refractivity contribution in [3.05, 3.63) is 33.9 Å². The van der Waals surface area contributed by atoms with Gasteiger partial charge in [0.2, 0.25) is 0 Å². The molecule has 0 unspecified atom stereocenters. The molecule has 0 saturated heterocycles. The van der Waals surface area contributed by atoms with Crippen LogP contribution in [0.25, 0.3) is 10.9 Å². The van der Waals surface area contributed by atoms with Gasteiger partial charge in [0.05, 0.1) is 5.02 Å². The number of hydrogen-bond donors (Lipinski definition) is 1. The number of halogens is 2. The molecule has 0 aliphatic heterocycles. The average molecular weight is 274 g/mol. The van der Waals surface area contributed by atoms with Crippen molar-refractivity contribution in [2.45, 2.75) is 6.54 Å². The molecule has 0 bridgehead atoms. The summed E-state index contributed by atoms with van der Waals surface area (Å²) in [6.45, 7) is 1.42. The van der Waals surface area contributed by atoms with Gasteiger partial charge >= 0.3 is 0 Å². The molecule has 0 spiro atoms. The molecule has 1 heterocycles. The third-order valence-corrected chi connectivity index (χ3v) is 2.96. The van der Waals surface area contributed by atoms with Gasteiger partial charge in [-0.3, -0.25) is 0 Å². The van der Waals surface area contributed by atoms with Crippen molar-refractivity contribution < 1.29 is 0 Å². The Morgan fingerprint density at radius 2 is 2.21 bits per heavy atom. The van der Waals surface area contributed by atoms with E-state index < -0.39 is 0 Å². The first-order chi connectivity index (χ1) is 6.72. The topological polar surface area (TPSA) is 30.9 Å². The molecule has 4 heteroatoms. The Hall–Kier alpha value is -0.510. The molecule has 1 aromatic carbocycles. The second kappa shape index (κ2) is 3.93. The molecule has 0 radical (unpaired) electrons. The quantitative estimate of drug-likeness (QED) is 0.896. The minimum absolute atomic E-state index is 0.621. The van der Waals surface area contributed by atoms with Gasteiger partial charge in [0.25, 0.3) is 0 Å². The molecule has 2 nitrogen and oxygen atoms in total. The van der Waals surface area contributed by atoms with E-state index in [2.05, 4.69) is 20.5 Å². The van der Waals surface area contributed by atoms with E-state index in [1.165, 1.54) is 0 Å². The molecule has 74 valence electrons. The molecular weight excluding hydrogens is 263 g/mol. The zero-order valence-electron chi connectivity index (χ0n) is 7.50. The highest BCUT2D eigenvalue weighted by Crippen LogP contribution is 2.28. The van der Waals surface area contributed by atoms with Crippen LogP contribution in [-0.2, 0) is 6.54 Å². The molecule has 0 fully saturated rings. The van der Waals surface area contributed by atoms with Gasteiger partial charge in [-0.25, -0.2) is 0 Å². The second-order valence-corrected chi connectivity index (χ2v) is 4.44. The summed E-state index contributed by atoms with van der Waals surface area (Å²) in [6, 6.07) is 6.07. The molecule has 0 aliphatic carbocycles. The zero-order chi connectivity index (χ0) is 10.1. The SMILES string of the molecule is NCCn1cc(Cl)c2cc(Br)ccc21. The van der Waals surface area contributed by atoms with Crippen LogP contribution in [0.1, 0.15) is 0 Å². The van der Waals surface area contributed by atoms with Crippen LogP contribution in [0, 0.1) is 0 Å². The molecule has 1 aromatic heterocycles. The van der Waals surface area contributed by atoms with Gasteiger partial charge in [-0.1, -0.05) is 27.5 Å². The predicted octanol–water partition coefficient (Wildman–Crippen LogP) is 3.02. The Balaban J connectivity index is 2.65. The van der Waals surface area contributed by atoms with Gasteiger partial charge < -0.3 is 10.3 Å². The molecule has 0 atom stereocenters. The van der Waals surface area contributed by atoms with Crippen molar-refractivity contribution >= 4 is 38.4 Å². The third-order valence-electron chi connectivity index (χ3n) is 2.16. The fraction of sp³-hybridized carbons (Fsp3) is 0.200. The van der Waals surface area contributed by atoms with Crippen molar-refractivity contribution in [1.29, 1.82) is 0 Å². The fourth-order valence-corrected chi connectivity index (χ4v) is 2.18. The maximum atomic E-state index is 6.10. The highest BCUT2D eigenvalue weighted by molar-refractivity contribution is 9.10. The maximum absolute atomic E-state index is 6.10. The molecular formula is C10H10BrClN2. The molecule has 0 saturated carbocycles. The summed E-state index contributed by atoms with van der Waals surface area (Å²) >= 11 is 9.53. The second-order valence-electron chi connectivity index (χ2n) is 3.12. The van der Waals surface area contributed by atoms with Crippen LogP contribution in [-0.4, -0.2) is 11.1 Å². The maximum Gasteiger partial charge on any atom is 0.0661 e. The van der Waals surface area contributed by atoms with Crippen LogP contribution < -0.4 is 5.73 Å². The van der Waals surface area contributed by atoms with Gasteiger partial charge in [-0.2, -0.15) is 0 Å². The molecule has 0 amide bonds. The van der Waals surface area contributed by atoms with Crippen molar-refractivity contribution in [3.8, 4) is 0 Å². The van der Waals surface area contributed by atoms with E-state index >= 15 is 0 Å². The van der Waals surface area contributed by atoms with E-state index in [4.69, 9.17) is 17.3 Å². The number of fused-ring (bicyclic) bond motifs is 1. The van der Waals surface area contributed by atoms with Crippen LogP contribution >= 0.6 is 27.5 Å². The first-order valence-electron chi connectivity index (χ1n) is 4.36. The van der Waals surface area contributed by atoms with Crippen molar-refractivity contribution in [2.75, 3.05) is 6.54 Å². The van der Waals surface area contributed by atoms with E-state index in [1.54, 1.807) is 0 Å². The lowest BCUT2D eigenvalue weighted by Crippen LogP contribution is -2.08. The van der Waals surface area contributed by atoms with Crippen LogP contribution in [0.15, 0.2) is 28.9 Å². The van der Waals surface area contributed by atoms with Gasteiger partial charge in [0.15, 0.2) is 0 Å². The summed E-state index contributed by atoms with van der Waals surface area (Å²) in [5.41, 5.74) is 6.65. The monoisotopic (exact) mass is 272 g/mol. The number of nitrogens with zero attached hydrogens (tertiary/aromatic N) is 1. The van der Waals surface area contributed by atoms with E-state index in [9.17, 15) is 0 Å². The lowest BCUT2D eigenvalue weighted by atomic mass is 10.2. The highest BCUT2D eigenvalue weighted by atomic mass is 79.9. The lowest BCUT2D eigenvalue weighted by Gasteiger charge is -2.01. The highest BCUT2D eigenvalue weighted by Gasteiger charge is 2.05. The van der Waals surface area contributed by atoms with Crippen LogP contribution in [0.5, 0.6) is 0 Å². The Bertz CT molecular complexity index is 464. The number of aromatic nitrogens is 1. The number of rotatable bonds is 2. The average Bonchev–Trinajstić information content (AvgIpc) is 2.44. The summed E-state index contributed by atoms with van der Waals surface area (Å²) in [5.74, 6) is 0. The minimum atomic E-state index is 0.621. The van der Waals surface area contributed by atoms with Crippen molar-refractivity contribution in [2.24, 2.45) is 5.73 Å². The molecule has 2 N–H and O–H groups in total. The fourth-order valence-electron chi connectivity index (χ4n) is 1.55. The van der Waals surface area contributed by atoms with Gasteiger partial charge in [-0.05, 0) is 18.2 Å². The Morgan fingerprint density at radius 3 is 2.93 bits per heavy atom. The van der Waals surface area contributed by atoms with E-state index in [0.717, 1.165) is 26.9 Å². The normalized spacial score (nSPS) is 11.1. The van der Waals surface area contributed by atoms with Crippen molar-refractivity contribution in [1.82, 2.24) is 4.57 Å². The predicted molar refractivity (Wildman–Crippen MR) is 63.7 cm³/mol. The Kier molecular flexibility index (Phi) is 2.81. The summed E-state index contributed by atoms with van der Waals surface area (Å²) in [5, 5.41) is 1.84. The summed E-state index contributed by atoms with van der Waals surface area (Å²) in [6.07, 6.45) is 1.92.